The van der Waals surface area contributed by atoms with Gasteiger partial charge in [0.25, 0.3) is 5.91 Å². The molecule has 0 bridgehead atoms. The number of primary amides is 1. The average molecular weight is 224 g/mol. The molecule has 0 saturated carbocycles. The van der Waals surface area contributed by atoms with Gasteiger partial charge in [0.05, 0.1) is 18.4 Å². The molecular weight excluding hydrogens is 212 g/mol. The van der Waals surface area contributed by atoms with Gasteiger partial charge in [0.15, 0.2) is 6.61 Å². The highest BCUT2D eigenvalue weighted by molar-refractivity contribution is 5.90. The molecule has 0 aliphatic carbocycles. The van der Waals surface area contributed by atoms with Gasteiger partial charge in [0, 0.05) is 0 Å². The van der Waals surface area contributed by atoms with Gasteiger partial charge in [-0.15, -0.1) is 0 Å². The lowest BCUT2D eigenvalue weighted by atomic mass is 10.2. The third kappa shape index (κ3) is 2.88. The lowest BCUT2D eigenvalue weighted by Crippen LogP contribution is -2.20. The van der Waals surface area contributed by atoms with E-state index in [1.807, 2.05) is 0 Å². The average Bonchev–Trinajstić information content (AvgIpc) is 2.26. The minimum Gasteiger partial charge on any atom is -0.482 e. The minimum atomic E-state index is -0.601. The number of amides is 1. The zero-order valence-corrected chi connectivity index (χ0v) is 8.73. The van der Waals surface area contributed by atoms with Gasteiger partial charge in [-0.2, -0.15) is 0 Å². The largest absolute Gasteiger partial charge is 0.482 e. The van der Waals surface area contributed by atoms with Crippen LogP contribution in [0, 0.1) is 0 Å². The Labute approximate surface area is 92.1 Å². The van der Waals surface area contributed by atoms with Crippen molar-refractivity contribution in [3.05, 3.63) is 23.8 Å². The number of anilines is 1. The molecule has 1 amide bonds. The summed E-state index contributed by atoms with van der Waals surface area (Å²) < 4.78 is 9.53. The lowest BCUT2D eigenvalue weighted by molar-refractivity contribution is -0.119. The number of ether oxygens (including phenoxy) is 2. The summed E-state index contributed by atoms with van der Waals surface area (Å²) >= 11 is 0. The summed E-state index contributed by atoms with van der Waals surface area (Å²) in [5.41, 5.74) is 11.1. The van der Waals surface area contributed by atoms with Crippen LogP contribution in [-0.4, -0.2) is 25.6 Å². The molecule has 0 aliphatic heterocycles. The van der Waals surface area contributed by atoms with Gasteiger partial charge in [-0.05, 0) is 18.2 Å². The first-order valence-corrected chi connectivity index (χ1v) is 4.43. The van der Waals surface area contributed by atoms with E-state index in [1.54, 1.807) is 0 Å². The van der Waals surface area contributed by atoms with Crippen LogP contribution in [0.3, 0.4) is 0 Å². The van der Waals surface area contributed by atoms with Crippen molar-refractivity contribution in [2.45, 2.75) is 0 Å². The Morgan fingerprint density at radius 3 is 2.56 bits per heavy atom. The lowest BCUT2D eigenvalue weighted by Gasteiger charge is -2.08. The molecule has 0 saturated heterocycles. The van der Waals surface area contributed by atoms with E-state index < -0.39 is 11.9 Å². The van der Waals surface area contributed by atoms with E-state index in [4.69, 9.17) is 16.2 Å². The van der Waals surface area contributed by atoms with Crippen LogP contribution in [0.2, 0.25) is 0 Å². The van der Waals surface area contributed by atoms with Crippen molar-refractivity contribution in [3.63, 3.8) is 0 Å². The number of carbonyl (C=O) groups excluding carboxylic acids is 2. The van der Waals surface area contributed by atoms with Crippen LogP contribution < -0.4 is 16.2 Å². The molecule has 0 aromatic heterocycles. The summed E-state index contributed by atoms with van der Waals surface area (Å²) in [5.74, 6) is -0.795. The van der Waals surface area contributed by atoms with E-state index in [2.05, 4.69) is 4.74 Å². The summed E-state index contributed by atoms with van der Waals surface area (Å²) in [6.45, 7) is -0.262. The number of benzene rings is 1. The van der Waals surface area contributed by atoms with Gasteiger partial charge in [-0.3, -0.25) is 4.79 Å². The van der Waals surface area contributed by atoms with Gasteiger partial charge in [-0.1, -0.05) is 0 Å². The molecule has 1 aromatic rings. The smallest absolute Gasteiger partial charge is 0.337 e. The maximum absolute atomic E-state index is 11.2. The Kier molecular flexibility index (Phi) is 3.71. The van der Waals surface area contributed by atoms with Gasteiger partial charge in [0.2, 0.25) is 0 Å². The van der Waals surface area contributed by atoms with Crippen LogP contribution in [0.15, 0.2) is 18.2 Å². The molecule has 0 fully saturated rings. The summed E-state index contributed by atoms with van der Waals surface area (Å²) in [4.78, 5) is 21.6. The first-order chi connectivity index (χ1) is 7.54. The molecule has 1 aromatic carbocycles. The van der Waals surface area contributed by atoms with Crippen LogP contribution in [-0.2, 0) is 9.53 Å². The van der Waals surface area contributed by atoms with E-state index in [0.717, 1.165) is 0 Å². The number of hydrogen-bond donors (Lipinski definition) is 2. The molecule has 6 heteroatoms. The summed E-state index contributed by atoms with van der Waals surface area (Å²) in [6, 6.07) is 4.37. The second-order valence-corrected chi connectivity index (χ2v) is 3.00. The van der Waals surface area contributed by atoms with Crippen molar-refractivity contribution in [2.75, 3.05) is 19.5 Å². The molecular formula is C10H12N2O4. The highest BCUT2D eigenvalue weighted by Crippen LogP contribution is 2.22. The van der Waals surface area contributed by atoms with Crippen molar-refractivity contribution >= 4 is 17.6 Å². The van der Waals surface area contributed by atoms with Crippen molar-refractivity contribution in [1.29, 1.82) is 0 Å². The molecule has 0 radical (unpaired) electrons. The van der Waals surface area contributed by atoms with Gasteiger partial charge in [-0.25, -0.2) is 4.79 Å². The summed E-state index contributed by atoms with van der Waals surface area (Å²) in [5, 5.41) is 0. The third-order valence-corrected chi connectivity index (χ3v) is 1.80. The number of methoxy groups -OCH3 is 1. The number of carbonyl (C=O) groups is 2. The van der Waals surface area contributed by atoms with Gasteiger partial charge in [0.1, 0.15) is 5.75 Å². The fourth-order valence-electron chi connectivity index (χ4n) is 1.07. The molecule has 4 N–H and O–H groups in total. The Balaban J connectivity index is 2.83. The Bertz CT molecular complexity index is 417. The van der Waals surface area contributed by atoms with Gasteiger partial charge < -0.3 is 20.9 Å². The molecule has 6 nitrogen and oxygen atoms in total. The minimum absolute atomic E-state index is 0.240. The van der Waals surface area contributed by atoms with Crippen LogP contribution >= 0.6 is 0 Å². The Morgan fingerprint density at radius 1 is 1.38 bits per heavy atom. The molecule has 0 unspecified atom stereocenters. The number of nitrogens with two attached hydrogens (primary N) is 2. The highest BCUT2D eigenvalue weighted by Gasteiger charge is 2.09. The molecule has 86 valence electrons. The SMILES string of the molecule is COC(=O)c1ccc(OCC(N)=O)c(N)c1. The fourth-order valence-corrected chi connectivity index (χ4v) is 1.07. The Hall–Kier alpha value is -2.24. The second-order valence-electron chi connectivity index (χ2n) is 3.00. The molecule has 1 rings (SSSR count). The first-order valence-electron chi connectivity index (χ1n) is 4.43. The molecule has 0 atom stereocenters. The van der Waals surface area contributed by atoms with E-state index in [1.165, 1.54) is 25.3 Å². The van der Waals surface area contributed by atoms with Crippen molar-refractivity contribution in [1.82, 2.24) is 0 Å². The van der Waals surface area contributed by atoms with Crippen molar-refractivity contribution in [2.24, 2.45) is 5.73 Å². The van der Waals surface area contributed by atoms with E-state index in [-0.39, 0.29) is 12.3 Å². The quantitative estimate of drug-likeness (QED) is 0.549. The predicted octanol–water partition coefficient (Wildman–Crippen LogP) is -0.0805. The number of nitrogen functional groups attached to an aromatic ring is 1. The normalized spacial score (nSPS) is 9.56. The second kappa shape index (κ2) is 5.01. The molecule has 0 heterocycles. The fraction of sp³-hybridized carbons (Fsp3) is 0.200. The third-order valence-electron chi connectivity index (χ3n) is 1.80. The standard InChI is InChI=1S/C10H12N2O4/c1-15-10(14)6-2-3-8(7(11)4-6)16-5-9(12)13/h2-4H,5,11H2,1H3,(H2,12,13). The topological polar surface area (TPSA) is 105 Å². The zero-order chi connectivity index (χ0) is 12.1. The number of esters is 1. The Morgan fingerprint density at radius 2 is 2.06 bits per heavy atom. The zero-order valence-electron chi connectivity index (χ0n) is 8.73. The van der Waals surface area contributed by atoms with Crippen LogP contribution in [0.5, 0.6) is 5.75 Å². The maximum Gasteiger partial charge on any atom is 0.337 e. The first kappa shape index (κ1) is 11.8. The van der Waals surface area contributed by atoms with Crippen LogP contribution in [0.25, 0.3) is 0 Å². The van der Waals surface area contributed by atoms with Crippen LogP contribution in [0.4, 0.5) is 5.69 Å². The molecule has 16 heavy (non-hydrogen) atoms. The highest BCUT2D eigenvalue weighted by atomic mass is 16.5. The van der Waals surface area contributed by atoms with E-state index in [0.29, 0.717) is 11.3 Å². The number of rotatable bonds is 4. The molecule has 0 spiro atoms. The van der Waals surface area contributed by atoms with Gasteiger partial charge >= 0.3 is 5.97 Å². The summed E-state index contributed by atoms with van der Waals surface area (Å²) in [7, 11) is 1.27. The maximum atomic E-state index is 11.2. The van der Waals surface area contributed by atoms with Crippen molar-refractivity contribution in [3.8, 4) is 5.75 Å². The van der Waals surface area contributed by atoms with E-state index in [9.17, 15) is 9.59 Å². The van der Waals surface area contributed by atoms with E-state index >= 15 is 0 Å². The summed E-state index contributed by atoms with van der Waals surface area (Å²) in [6.07, 6.45) is 0. The van der Waals surface area contributed by atoms with Crippen LogP contribution in [0.1, 0.15) is 10.4 Å². The number of hydrogen-bond acceptors (Lipinski definition) is 5. The van der Waals surface area contributed by atoms with Crippen molar-refractivity contribution < 1.29 is 19.1 Å². The predicted molar refractivity (Wildman–Crippen MR) is 56.9 cm³/mol. The monoisotopic (exact) mass is 224 g/mol. The molecule has 0 aliphatic rings.